The number of methoxy groups -OCH3 is 1. The molecule has 26 heavy (non-hydrogen) atoms. The van der Waals surface area contributed by atoms with Crippen molar-refractivity contribution in [1.29, 1.82) is 0 Å². The van der Waals surface area contributed by atoms with Crippen molar-refractivity contribution in [3.8, 4) is 0 Å². The second-order valence-electron chi connectivity index (χ2n) is 7.60. The van der Waals surface area contributed by atoms with Crippen molar-refractivity contribution in [1.82, 2.24) is 20.3 Å². The first-order valence-corrected chi connectivity index (χ1v) is 9.81. The molecule has 2 heterocycles. The molecule has 0 aromatic carbocycles. The lowest BCUT2D eigenvalue weighted by molar-refractivity contribution is 0.136. The van der Waals surface area contributed by atoms with E-state index in [2.05, 4.69) is 25.3 Å². The zero-order chi connectivity index (χ0) is 18.2. The van der Waals surface area contributed by atoms with E-state index in [9.17, 15) is 0 Å². The third kappa shape index (κ3) is 4.98. The van der Waals surface area contributed by atoms with E-state index in [1.807, 2.05) is 13.1 Å². The Kier molecular flexibility index (Phi) is 6.91. The summed E-state index contributed by atoms with van der Waals surface area (Å²) >= 11 is 0. The number of nitrogens with one attached hydrogen (secondary N) is 1. The Morgan fingerprint density at radius 2 is 2.08 bits per heavy atom. The van der Waals surface area contributed by atoms with Gasteiger partial charge in [0.2, 0.25) is 0 Å². The van der Waals surface area contributed by atoms with Gasteiger partial charge >= 0.3 is 0 Å². The SMILES string of the molecule is CN=C(NCC1(CCOC)CCCC1)N1CCN(Cc2ccon2)CC1. The summed E-state index contributed by atoms with van der Waals surface area (Å²) in [5, 5.41) is 7.68. The summed E-state index contributed by atoms with van der Waals surface area (Å²) in [6.45, 7) is 6.72. The average molecular weight is 364 g/mol. The molecule has 1 saturated carbocycles. The van der Waals surface area contributed by atoms with E-state index in [0.29, 0.717) is 5.41 Å². The third-order valence-electron chi connectivity index (χ3n) is 5.88. The van der Waals surface area contributed by atoms with Crippen LogP contribution in [0.1, 0.15) is 37.8 Å². The molecular formula is C19H33N5O2. The van der Waals surface area contributed by atoms with E-state index >= 15 is 0 Å². The fourth-order valence-electron chi connectivity index (χ4n) is 4.22. The smallest absolute Gasteiger partial charge is 0.193 e. The lowest BCUT2D eigenvalue weighted by Gasteiger charge is -2.37. The Hall–Kier alpha value is -1.60. The van der Waals surface area contributed by atoms with Gasteiger partial charge in [0.05, 0.1) is 5.69 Å². The Morgan fingerprint density at radius 3 is 2.69 bits per heavy atom. The van der Waals surface area contributed by atoms with E-state index in [-0.39, 0.29) is 0 Å². The van der Waals surface area contributed by atoms with Crippen LogP contribution < -0.4 is 5.32 Å². The van der Waals surface area contributed by atoms with Crippen molar-refractivity contribution in [3.63, 3.8) is 0 Å². The highest BCUT2D eigenvalue weighted by molar-refractivity contribution is 5.80. The van der Waals surface area contributed by atoms with E-state index < -0.39 is 0 Å². The van der Waals surface area contributed by atoms with E-state index in [4.69, 9.17) is 9.26 Å². The first-order chi connectivity index (χ1) is 12.7. The molecule has 1 aromatic rings. The molecule has 0 bridgehead atoms. The van der Waals surface area contributed by atoms with E-state index in [0.717, 1.165) is 63.9 Å². The molecule has 1 aromatic heterocycles. The molecule has 146 valence electrons. The molecule has 1 N–H and O–H groups in total. The number of ether oxygens (including phenoxy) is 1. The topological polar surface area (TPSA) is 66.1 Å². The monoisotopic (exact) mass is 363 g/mol. The van der Waals surface area contributed by atoms with Crippen molar-refractivity contribution in [2.45, 2.75) is 38.6 Å². The van der Waals surface area contributed by atoms with Crippen LogP contribution in [-0.2, 0) is 11.3 Å². The highest BCUT2D eigenvalue weighted by atomic mass is 16.5. The van der Waals surface area contributed by atoms with Crippen molar-refractivity contribution in [3.05, 3.63) is 18.0 Å². The van der Waals surface area contributed by atoms with Crippen LogP contribution in [0.15, 0.2) is 21.8 Å². The minimum atomic E-state index is 0.376. The Morgan fingerprint density at radius 1 is 1.31 bits per heavy atom. The lowest BCUT2D eigenvalue weighted by atomic mass is 9.83. The van der Waals surface area contributed by atoms with Crippen molar-refractivity contribution >= 4 is 5.96 Å². The number of rotatable bonds is 7. The predicted molar refractivity (Wildman–Crippen MR) is 102 cm³/mol. The largest absolute Gasteiger partial charge is 0.385 e. The van der Waals surface area contributed by atoms with Crippen LogP contribution in [0.5, 0.6) is 0 Å². The highest BCUT2D eigenvalue weighted by Crippen LogP contribution is 2.40. The summed E-state index contributed by atoms with van der Waals surface area (Å²) in [5.41, 5.74) is 1.38. The van der Waals surface area contributed by atoms with Crippen LogP contribution in [-0.4, -0.2) is 74.4 Å². The van der Waals surface area contributed by atoms with Crippen LogP contribution in [0.25, 0.3) is 0 Å². The zero-order valence-electron chi connectivity index (χ0n) is 16.2. The maximum atomic E-state index is 5.35. The summed E-state index contributed by atoms with van der Waals surface area (Å²) in [6, 6.07) is 1.94. The zero-order valence-corrected chi connectivity index (χ0v) is 16.2. The number of guanidine groups is 1. The summed E-state index contributed by atoms with van der Waals surface area (Å²) in [5.74, 6) is 1.04. The van der Waals surface area contributed by atoms with Crippen LogP contribution in [0.2, 0.25) is 0 Å². The fraction of sp³-hybridized carbons (Fsp3) is 0.789. The minimum Gasteiger partial charge on any atom is -0.385 e. The van der Waals surface area contributed by atoms with E-state index in [1.54, 1.807) is 13.4 Å². The maximum Gasteiger partial charge on any atom is 0.193 e. The van der Waals surface area contributed by atoms with E-state index in [1.165, 1.54) is 25.7 Å². The Labute approximate surface area is 156 Å². The molecular weight excluding hydrogens is 330 g/mol. The molecule has 0 radical (unpaired) electrons. The summed E-state index contributed by atoms with van der Waals surface area (Å²) in [4.78, 5) is 9.33. The third-order valence-corrected chi connectivity index (χ3v) is 5.88. The molecule has 0 atom stereocenters. The van der Waals surface area contributed by atoms with Crippen molar-refractivity contribution < 1.29 is 9.26 Å². The molecule has 1 aliphatic carbocycles. The molecule has 2 aliphatic rings. The van der Waals surface area contributed by atoms with Crippen LogP contribution in [0, 0.1) is 5.41 Å². The van der Waals surface area contributed by atoms with Crippen LogP contribution in [0.3, 0.4) is 0 Å². The number of aliphatic imine (C=N–C) groups is 1. The lowest BCUT2D eigenvalue weighted by Crippen LogP contribution is -2.53. The molecule has 0 amide bonds. The summed E-state index contributed by atoms with van der Waals surface area (Å²) in [6.07, 6.45) is 8.05. The Balaban J connectivity index is 1.47. The van der Waals surface area contributed by atoms with Crippen molar-refractivity contribution in [2.24, 2.45) is 10.4 Å². The van der Waals surface area contributed by atoms with Gasteiger partial charge in [0.1, 0.15) is 6.26 Å². The molecule has 1 saturated heterocycles. The molecule has 0 unspecified atom stereocenters. The van der Waals surface area contributed by atoms with Gasteiger partial charge in [-0.05, 0) is 24.7 Å². The van der Waals surface area contributed by atoms with Gasteiger partial charge < -0.3 is 19.5 Å². The normalized spacial score (nSPS) is 21.3. The number of piperazine rings is 1. The molecule has 7 nitrogen and oxygen atoms in total. The summed E-state index contributed by atoms with van der Waals surface area (Å²) < 4.78 is 10.3. The van der Waals surface area contributed by atoms with Gasteiger partial charge in [0.15, 0.2) is 5.96 Å². The second kappa shape index (κ2) is 9.37. The van der Waals surface area contributed by atoms with Gasteiger partial charge in [-0.2, -0.15) is 0 Å². The van der Waals surface area contributed by atoms with Crippen LogP contribution in [0.4, 0.5) is 0 Å². The van der Waals surface area contributed by atoms with Crippen molar-refractivity contribution in [2.75, 3.05) is 53.5 Å². The maximum absolute atomic E-state index is 5.35. The second-order valence-corrected chi connectivity index (χ2v) is 7.60. The van der Waals surface area contributed by atoms with Gasteiger partial charge in [-0.15, -0.1) is 0 Å². The Bertz CT molecular complexity index is 546. The van der Waals surface area contributed by atoms with Crippen LogP contribution >= 0.6 is 0 Å². The number of aromatic nitrogens is 1. The number of hydrogen-bond donors (Lipinski definition) is 1. The molecule has 7 heteroatoms. The van der Waals surface area contributed by atoms with Gasteiger partial charge in [-0.3, -0.25) is 9.89 Å². The fourth-order valence-corrected chi connectivity index (χ4v) is 4.22. The standard InChI is InChI=1S/C19H33N5O2/c1-20-18(21-16-19(8-14-25-2)6-3-4-7-19)24-11-9-23(10-12-24)15-17-5-13-26-22-17/h5,13H,3-4,6-12,14-16H2,1-2H3,(H,20,21). The highest BCUT2D eigenvalue weighted by Gasteiger charge is 2.34. The first kappa shape index (κ1) is 19.2. The van der Waals surface area contributed by atoms with Gasteiger partial charge in [-0.1, -0.05) is 18.0 Å². The van der Waals surface area contributed by atoms with Gasteiger partial charge in [0.25, 0.3) is 0 Å². The number of hydrogen-bond acceptors (Lipinski definition) is 5. The summed E-state index contributed by atoms with van der Waals surface area (Å²) in [7, 11) is 3.69. The molecule has 3 rings (SSSR count). The first-order valence-electron chi connectivity index (χ1n) is 9.81. The molecule has 2 fully saturated rings. The predicted octanol–water partition coefficient (Wildman–Crippen LogP) is 1.96. The molecule has 0 spiro atoms. The minimum absolute atomic E-state index is 0.376. The van der Waals surface area contributed by atoms with Gasteiger partial charge in [0, 0.05) is 66.1 Å². The van der Waals surface area contributed by atoms with Gasteiger partial charge in [-0.25, -0.2) is 0 Å². The quantitative estimate of drug-likeness (QED) is 0.590. The number of nitrogens with zero attached hydrogens (tertiary/aromatic N) is 4. The average Bonchev–Trinajstić information content (AvgIpc) is 3.34. The molecule has 1 aliphatic heterocycles.